The fourth-order valence-corrected chi connectivity index (χ4v) is 1.39. The second kappa shape index (κ2) is 8.53. The zero-order valence-electron chi connectivity index (χ0n) is 11.5. The first-order valence-corrected chi connectivity index (χ1v) is 5.99. The molecule has 0 radical (unpaired) electrons. The highest BCUT2D eigenvalue weighted by Gasteiger charge is 2.06. The van der Waals surface area contributed by atoms with Gasteiger partial charge in [0.2, 0.25) is 0 Å². The van der Waals surface area contributed by atoms with E-state index in [4.69, 9.17) is 0 Å². The largest absolute Gasteiger partial charge is 0.466 e. The molecule has 5 nitrogen and oxygen atoms in total. The van der Waals surface area contributed by atoms with Gasteiger partial charge in [0, 0.05) is 18.8 Å². The fourth-order valence-electron chi connectivity index (χ4n) is 1.39. The van der Waals surface area contributed by atoms with Gasteiger partial charge in [0.1, 0.15) is 0 Å². The van der Waals surface area contributed by atoms with E-state index in [1.165, 1.54) is 26.5 Å². The van der Waals surface area contributed by atoms with E-state index in [-0.39, 0.29) is 5.57 Å². The van der Waals surface area contributed by atoms with Gasteiger partial charge in [-0.25, -0.2) is 9.59 Å². The molecule has 0 heterocycles. The topological polar surface area (TPSA) is 64.6 Å². The van der Waals surface area contributed by atoms with Gasteiger partial charge >= 0.3 is 11.9 Å². The number of nitrogens with one attached hydrogen (secondary N) is 1. The predicted molar refractivity (Wildman–Crippen MR) is 74.5 cm³/mol. The van der Waals surface area contributed by atoms with E-state index < -0.39 is 11.9 Å². The summed E-state index contributed by atoms with van der Waals surface area (Å²) in [5, 5.41) is 2.99. The molecule has 1 N–H and O–H groups in total. The number of methoxy groups -OCH3 is 2. The van der Waals surface area contributed by atoms with Gasteiger partial charge in [-0.15, -0.1) is 0 Å². The summed E-state index contributed by atoms with van der Waals surface area (Å²) >= 11 is 0. The van der Waals surface area contributed by atoms with E-state index in [0.29, 0.717) is 6.54 Å². The molecule has 0 aliphatic heterocycles. The summed E-state index contributed by atoms with van der Waals surface area (Å²) in [6, 6.07) is 9.71. The van der Waals surface area contributed by atoms with Gasteiger partial charge in [-0.2, -0.15) is 0 Å². The van der Waals surface area contributed by atoms with Gasteiger partial charge in [-0.1, -0.05) is 30.3 Å². The third-order valence-corrected chi connectivity index (χ3v) is 2.43. The zero-order valence-corrected chi connectivity index (χ0v) is 11.5. The number of carbonyl (C=O) groups is 2. The Morgan fingerprint density at radius 3 is 2.40 bits per heavy atom. The third kappa shape index (κ3) is 5.39. The number of carbonyl (C=O) groups excluding carboxylic acids is 2. The van der Waals surface area contributed by atoms with Crippen molar-refractivity contribution in [3.8, 4) is 0 Å². The second-order valence-corrected chi connectivity index (χ2v) is 3.81. The summed E-state index contributed by atoms with van der Waals surface area (Å²) in [5.74, 6) is -1.08. The third-order valence-electron chi connectivity index (χ3n) is 2.43. The first-order valence-electron chi connectivity index (χ1n) is 5.99. The molecule has 0 amide bonds. The number of benzene rings is 1. The Kier molecular flexibility index (Phi) is 6.61. The highest BCUT2D eigenvalue weighted by atomic mass is 16.5. The van der Waals surface area contributed by atoms with Gasteiger partial charge < -0.3 is 14.8 Å². The molecule has 0 fully saturated rings. The van der Waals surface area contributed by atoms with Crippen LogP contribution in [-0.2, 0) is 25.6 Å². The molecule has 106 valence electrons. The van der Waals surface area contributed by atoms with Gasteiger partial charge in [0.15, 0.2) is 0 Å². The summed E-state index contributed by atoms with van der Waals surface area (Å²) in [6.07, 6.45) is 4.00. The van der Waals surface area contributed by atoms with Crippen LogP contribution in [0.5, 0.6) is 0 Å². The monoisotopic (exact) mass is 275 g/mol. The molecule has 0 saturated heterocycles. The van der Waals surface area contributed by atoms with Crippen LogP contribution in [0.4, 0.5) is 0 Å². The van der Waals surface area contributed by atoms with Crippen molar-refractivity contribution in [3.05, 3.63) is 59.8 Å². The van der Waals surface area contributed by atoms with E-state index in [1.807, 2.05) is 30.3 Å². The number of ether oxygens (including phenoxy) is 2. The lowest BCUT2D eigenvalue weighted by Gasteiger charge is -2.04. The van der Waals surface area contributed by atoms with Crippen molar-refractivity contribution in [2.24, 2.45) is 0 Å². The number of hydrogen-bond donors (Lipinski definition) is 1. The second-order valence-electron chi connectivity index (χ2n) is 3.81. The van der Waals surface area contributed by atoms with Crippen LogP contribution in [0.15, 0.2) is 54.3 Å². The molecule has 0 aliphatic rings. The van der Waals surface area contributed by atoms with Gasteiger partial charge in [-0.3, -0.25) is 0 Å². The Labute approximate surface area is 117 Å². The van der Waals surface area contributed by atoms with Crippen molar-refractivity contribution >= 4 is 11.9 Å². The normalized spacial score (nSPS) is 11.2. The highest BCUT2D eigenvalue weighted by molar-refractivity contribution is 5.93. The molecule has 0 bridgehead atoms. The Morgan fingerprint density at radius 2 is 1.80 bits per heavy atom. The van der Waals surface area contributed by atoms with E-state index in [2.05, 4.69) is 14.8 Å². The molecule has 1 aromatic rings. The summed E-state index contributed by atoms with van der Waals surface area (Å²) in [7, 11) is 2.54. The van der Waals surface area contributed by atoms with Crippen LogP contribution in [0, 0.1) is 0 Å². The van der Waals surface area contributed by atoms with Crippen LogP contribution in [0.1, 0.15) is 5.56 Å². The smallest absolute Gasteiger partial charge is 0.339 e. The van der Waals surface area contributed by atoms with Crippen LogP contribution >= 0.6 is 0 Å². The Morgan fingerprint density at radius 1 is 1.10 bits per heavy atom. The first-order chi connectivity index (χ1) is 9.67. The first kappa shape index (κ1) is 15.5. The van der Waals surface area contributed by atoms with E-state index in [0.717, 1.165) is 11.6 Å². The van der Waals surface area contributed by atoms with Crippen molar-refractivity contribution in [2.45, 2.75) is 6.54 Å². The molecule has 1 rings (SSSR count). The number of esters is 2. The summed E-state index contributed by atoms with van der Waals surface area (Å²) < 4.78 is 9.09. The van der Waals surface area contributed by atoms with Crippen molar-refractivity contribution in [2.75, 3.05) is 14.2 Å². The van der Waals surface area contributed by atoms with Crippen molar-refractivity contribution in [1.29, 1.82) is 0 Å². The minimum Gasteiger partial charge on any atom is -0.466 e. The van der Waals surface area contributed by atoms with E-state index in [1.54, 1.807) is 0 Å². The van der Waals surface area contributed by atoms with Crippen LogP contribution in [0.3, 0.4) is 0 Å². The molecule has 0 spiro atoms. The molecule has 0 aromatic heterocycles. The van der Waals surface area contributed by atoms with Crippen molar-refractivity contribution in [3.63, 3.8) is 0 Å². The van der Waals surface area contributed by atoms with Gasteiger partial charge in [0.05, 0.1) is 19.8 Å². The summed E-state index contributed by atoms with van der Waals surface area (Å²) in [5.41, 5.74) is 1.30. The molecule has 0 atom stereocenters. The van der Waals surface area contributed by atoms with Gasteiger partial charge in [-0.05, 0) is 11.6 Å². The molecular weight excluding hydrogens is 258 g/mol. The Balaban J connectivity index is 2.68. The maximum atomic E-state index is 11.5. The summed E-state index contributed by atoms with van der Waals surface area (Å²) in [4.78, 5) is 22.5. The van der Waals surface area contributed by atoms with Crippen LogP contribution in [-0.4, -0.2) is 26.2 Å². The minimum atomic E-state index is -0.539. The van der Waals surface area contributed by atoms with E-state index >= 15 is 0 Å². The van der Waals surface area contributed by atoms with Gasteiger partial charge in [0.25, 0.3) is 0 Å². The predicted octanol–water partition coefficient (Wildman–Crippen LogP) is 1.56. The van der Waals surface area contributed by atoms with Crippen LogP contribution < -0.4 is 5.32 Å². The Bertz CT molecular complexity index is 506. The molecule has 1 aromatic carbocycles. The fraction of sp³-hybridized carbons (Fsp3) is 0.200. The molecule has 0 aliphatic carbocycles. The maximum absolute atomic E-state index is 11.5. The Hall–Kier alpha value is -2.56. The number of hydrogen-bond acceptors (Lipinski definition) is 5. The van der Waals surface area contributed by atoms with Crippen LogP contribution in [0.25, 0.3) is 0 Å². The SMILES string of the molecule is COC(=O)C=CC(=CNCc1ccccc1)C(=O)OC. The molecule has 0 saturated carbocycles. The quantitative estimate of drug-likeness (QED) is 0.485. The molecule has 0 unspecified atom stereocenters. The number of rotatable bonds is 6. The average Bonchev–Trinajstić information content (AvgIpc) is 2.50. The van der Waals surface area contributed by atoms with Crippen LogP contribution in [0.2, 0.25) is 0 Å². The summed E-state index contributed by atoms with van der Waals surface area (Å²) in [6.45, 7) is 0.563. The zero-order chi connectivity index (χ0) is 14.8. The molecule has 20 heavy (non-hydrogen) atoms. The van der Waals surface area contributed by atoms with Crippen molar-refractivity contribution in [1.82, 2.24) is 5.32 Å². The molecule has 5 heteroatoms. The average molecular weight is 275 g/mol. The standard InChI is InChI=1S/C15H17NO4/c1-19-14(17)9-8-13(15(18)20-2)11-16-10-12-6-4-3-5-7-12/h3-9,11,16H,10H2,1-2H3. The minimum absolute atomic E-state index is 0.230. The highest BCUT2D eigenvalue weighted by Crippen LogP contribution is 2.01. The lowest BCUT2D eigenvalue weighted by Crippen LogP contribution is -2.11. The van der Waals surface area contributed by atoms with Crippen molar-refractivity contribution < 1.29 is 19.1 Å². The lowest BCUT2D eigenvalue weighted by atomic mass is 10.2. The molecular formula is C15H17NO4. The lowest BCUT2D eigenvalue weighted by molar-refractivity contribution is -0.135. The maximum Gasteiger partial charge on any atom is 0.339 e. The van der Waals surface area contributed by atoms with E-state index in [9.17, 15) is 9.59 Å².